The Morgan fingerprint density at radius 2 is 1.66 bits per heavy atom. The lowest BCUT2D eigenvalue weighted by Crippen LogP contribution is -2.51. The van der Waals surface area contributed by atoms with Gasteiger partial charge in [0.25, 0.3) is 5.91 Å². The smallest absolute Gasteiger partial charge is 0.261 e. The van der Waals surface area contributed by atoms with Crippen molar-refractivity contribution in [1.29, 1.82) is 0 Å². The average molecular weight is 493 g/mol. The van der Waals surface area contributed by atoms with Crippen LogP contribution in [0.5, 0.6) is 5.75 Å². The fraction of sp³-hybridized carbons (Fsp3) is 0.310. The zero-order valence-corrected chi connectivity index (χ0v) is 21.1. The summed E-state index contributed by atoms with van der Waals surface area (Å²) in [6, 6.07) is 23.9. The number of carbonyl (C=O) groups is 2. The molecular weight excluding hydrogens is 460 g/mol. The standard InChI is InChI=1S/C29H33ClN2O3/c1-3-4-18-31-29(34)27(19-23-10-6-5-7-11-23)32(20-24-12-8-9-13-26(24)30)28(33)21-35-25-16-14-22(2)15-17-25/h5-17,27H,3-4,18-21H2,1-2H3,(H,31,34)/t27-/m0/s1. The van der Waals surface area contributed by atoms with Crippen molar-refractivity contribution in [3.63, 3.8) is 0 Å². The van der Waals surface area contributed by atoms with E-state index in [9.17, 15) is 9.59 Å². The van der Waals surface area contributed by atoms with E-state index in [1.54, 1.807) is 11.0 Å². The van der Waals surface area contributed by atoms with Gasteiger partial charge in [0.05, 0.1) is 0 Å². The molecule has 3 aromatic rings. The minimum Gasteiger partial charge on any atom is -0.484 e. The molecule has 0 heterocycles. The Morgan fingerprint density at radius 3 is 2.34 bits per heavy atom. The van der Waals surface area contributed by atoms with Gasteiger partial charge in [0, 0.05) is 24.5 Å². The normalized spacial score (nSPS) is 11.5. The van der Waals surface area contributed by atoms with Gasteiger partial charge in [-0.25, -0.2) is 0 Å². The van der Waals surface area contributed by atoms with Crippen LogP contribution >= 0.6 is 11.6 Å². The Balaban J connectivity index is 1.88. The average Bonchev–Trinajstić information content (AvgIpc) is 2.87. The van der Waals surface area contributed by atoms with Gasteiger partial charge in [-0.1, -0.05) is 91.2 Å². The van der Waals surface area contributed by atoms with Gasteiger partial charge in [-0.2, -0.15) is 0 Å². The SMILES string of the molecule is CCCCNC(=O)[C@H](Cc1ccccc1)N(Cc1ccccc1Cl)C(=O)COc1ccc(C)cc1. The Bertz CT molecular complexity index is 1090. The number of nitrogens with zero attached hydrogens (tertiary/aromatic N) is 1. The van der Waals surface area contributed by atoms with Crippen LogP contribution in [0.2, 0.25) is 5.02 Å². The summed E-state index contributed by atoms with van der Waals surface area (Å²) in [5.74, 6) is 0.142. The van der Waals surface area contributed by atoms with E-state index in [-0.39, 0.29) is 25.0 Å². The molecule has 0 aliphatic rings. The van der Waals surface area contributed by atoms with Crippen molar-refractivity contribution in [3.05, 3.63) is 101 Å². The van der Waals surface area contributed by atoms with Gasteiger partial charge >= 0.3 is 0 Å². The van der Waals surface area contributed by atoms with Crippen LogP contribution < -0.4 is 10.1 Å². The lowest BCUT2D eigenvalue weighted by molar-refractivity contribution is -0.142. The van der Waals surface area contributed by atoms with E-state index in [4.69, 9.17) is 16.3 Å². The minimum absolute atomic E-state index is 0.180. The number of ether oxygens (including phenoxy) is 1. The molecular formula is C29H33ClN2O3. The van der Waals surface area contributed by atoms with Gasteiger partial charge < -0.3 is 15.0 Å². The van der Waals surface area contributed by atoms with Crippen molar-refractivity contribution in [2.24, 2.45) is 0 Å². The molecule has 0 radical (unpaired) electrons. The van der Waals surface area contributed by atoms with E-state index in [2.05, 4.69) is 12.2 Å². The van der Waals surface area contributed by atoms with E-state index in [0.717, 1.165) is 29.5 Å². The first-order chi connectivity index (χ1) is 17.0. The van der Waals surface area contributed by atoms with Gasteiger partial charge in [0.1, 0.15) is 11.8 Å². The van der Waals surface area contributed by atoms with Crippen LogP contribution in [0.4, 0.5) is 0 Å². The third-order valence-corrected chi connectivity index (χ3v) is 6.15. The van der Waals surface area contributed by atoms with Crippen molar-refractivity contribution >= 4 is 23.4 Å². The summed E-state index contributed by atoms with van der Waals surface area (Å²) in [5, 5.41) is 3.56. The maximum absolute atomic E-state index is 13.5. The first kappa shape index (κ1) is 26.3. The zero-order chi connectivity index (χ0) is 25.0. The Morgan fingerprint density at radius 1 is 0.971 bits per heavy atom. The molecule has 0 fully saturated rings. The fourth-order valence-corrected chi connectivity index (χ4v) is 3.93. The van der Waals surface area contributed by atoms with E-state index < -0.39 is 6.04 Å². The second-order valence-corrected chi connectivity index (χ2v) is 8.97. The number of rotatable bonds is 12. The predicted octanol–water partition coefficient (Wildman–Crippen LogP) is 5.58. The maximum atomic E-state index is 13.5. The highest BCUT2D eigenvalue weighted by atomic mass is 35.5. The van der Waals surface area contributed by atoms with Crippen LogP contribution in [-0.4, -0.2) is 35.9 Å². The Kier molecular flexibility index (Phi) is 10.2. The summed E-state index contributed by atoms with van der Waals surface area (Å²) in [6.07, 6.45) is 2.23. The molecule has 0 spiro atoms. The van der Waals surface area contributed by atoms with Gasteiger partial charge in [0.15, 0.2) is 6.61 Å². The number of halogens is 1. The molecule has 5 nitrogen and oxygen atoms in total. The summed E-state index contributed by atoms with van der Waals surface area (Å²) < 4.78 is 5.79. The molecule has 2 amide bonds. The van der Waals surface area contributed by atoms with Gasteiger partial charge in [-0.3, -0.25) is 9.59 Å². The number of unbranched alkanes of at least 4 members (excludes halogenated alkanes) is 1. The van der Waals surface area contributed by atoms with Crippen LogP contribution in [0.3, 0.4) is 0 Å². The van der Waals surface area contributed by atoms with Gasteiger partial charge in [-0.05, 0) is 42.7 Å². The number of aryl methyl sites for hydroxylation is 1. The van der Waals surface area contributed by atoms with E-state index in [1.807, 2.05) is 79.7 Å². The number of hydrogen-bond acceptors (Lipinski definition) is 3. The third-order valence-electron chi connectivity index (χ3n) is 5.78. The zero-order valence-electron chi connectivity index (χ0n) is 20.4. The van der Waals surface area contributed by atoms with Crippen molar-refractivity contribution < 1.29 is 14.3 Å². The second-order valence-electron chi connectivity index (χ2n) is 8.56. The number of amides is 2. The molecule has 184 valence electrons. The maximum Gasteiger partial charge on any atom is 0.261 e. The summed E-state index contributed by atoms with van der Waals surface area (Å²) in [5.41, 5.74) is 2.85. The third kappa shape index (κ3) is 8.15. The lowest BCUT2D eigenvalue weighted by atomic mass is 10.0. The molecule has 1 atom stereocenters. The number of benzene rings is 3. The van der Waals surface area contributed by atoms with E-state index in [0.29, 0.717) is 23.7 Å². The van der Waals surface area contributed by atoms with Crippen LogP contribution in [0, 0.1) is 6.92 Å². The summed E-state index contributed by atoms with van der Waals surface area (Å²) in [6.45, 7) is 4.65. The van der Waals surface area contributed by atoms with Gasteiger partial charge in [0.2, 0.25) is 5.91 Å². The van der Waals surface area contributed by atoms with Crippen molar-refractivity contribution in [2.75, 3.05) is 13.2 Å². The van der Waals surface area contributed by atoms with E-state index in [1.165, 1.54) is 0 Å². The van der Waals surface area contributed by atoms with Crippen LogP contribution in [0.1, 0.15) is 36.5 Å². The highest BCUT2D eigenvalue weighted by Gasteiger charge is 2.31. The highest BCUT2D eigenvalue weighted by Crippen LogP contribution is 2.21. The van der Waals surface area contributed by atoms with E-state index >= 15 is 0 Å². The predicted molar refractivity (Wildman–Crippen MR) is 141 cm³/mol. The molecule has 0 saturated carbocycles. The molecule has 0 aliphatic heterocycles. The number of carbonyl (C=O) groups excluding carboxylic acids is 2. The molecule has 6 heteroatoms. The summed E-state index contributed by atoms with van der Waals surface area (Å²) in [7, 11) is 0. The van der Waals surface area contributed by atoms with Crippen LogP contribution in [0.15, 0.2) is 78.9 Å². The summed E-state index contributed by atoms with van der Waals surface area (Å²) >= 11 is 6.44. The molecule has 1 N–H and O–H groups in total. The molecule has 0 unspecified atom stereocenters. The Hall–Kier alpha value is -3.31. The van der Waals surface area contributed by atoms with Crippen LogP contribution in [0.25, 0.3) is 0 Å². The van der Waals surface area contributed by atoms with Crippen molar-refractivity contribution in [3.8, 4) is 5.75 Å². The molecule has 35 heavy (non-hydrogen) atoms. The second kappa shape index (κ2) is 13.5. The first-order valence-corrected chi connectivity index (χ1v) is 12.4. The molecule has 0 bridgehead atoms. The molecule has 0 aliphatic carbocycles. The number of nitrogens with one attached hydrogen (secondary N) is 1. The highest BCUT2D eigenvalue weighted by molar-refractivity contribution is 6.31. The van der Waals surface area contributed by atoms with Crippen molar-refractivity contribution in [1.82, 2.24) is 10.2 Å². The number of hydrogen-bond donors (Lipinski definition) is 1. The quantitative estimate of drug-likeness (QED) is 0.335. The molecule has 3 aromatic carbocycles. The monoisotopic (exact) mass is 492 g/mol. The minimum atomic E-state index is -0.709. The first-order valence-electron chi connectivity index (χ1n) is 12.0. The summed E-state index contributed by atoms with van der Waals surface area (Å²) in [4.78, 5) is 28.5. The lowest BCUT2D eigenvalue weighted by Gasteiger charge is -2.31. The van der Waals surface area contributed by atoms with Gasteiger partial charge in [-0.15, -0.1) is 0 Å². The largest absolute Gasteiger partial charge is 0.484 e. The Labute approximate surface area is 213 Å². The molecule has 3 rings (SSSR count). The molecule has 0 aromatic heterocycles. The topological polar surface area (TPSA) is 58.6 Å². The fourth-order valence-electron chi connectivity index (χ4n) is 3.73. The van der Waals surface area contributed by atoms with Crippen LogP contribution in [-0.2, 0) is 22.6 Å². The van der Waals surface area contributed by atoms with Crippen molar-refractivity contribution in [2.45, 2.75) is 45.7 Å². The molecule has 0 saturated heterocycles.